The summed E-state index contributed by atoms with van der Waals surface area (Å²) in [5, 5.41) is 11.5. The molecule has 9 nitrogen and oxygen atoms in total. The van der Waals surface area contributed by atoms with Crippen LogP contribution >= 0.6 is 0 Å². The number of hydrogen-bond donors (Lipinski definition) is 0. The highest BCUT2D eigenvalue weighted by molar-refractivity contribution is 5.94. The average molecular weight is 580 g/mol. The number of hydrogen-bond acceptors (Lipinski definition) is 6. The molecule has 0 N–H and O–H groups in total. The van der Waals surface area contributed by atoms with Crippen LogP contribution in [0.2, 0.25) is 0 Å². The van der Waals surface area contributed by atoms with E-state index in [1.54, 1.807) is 29.2 Å². The largest absolute Gasteiger partial charge is 0.494 e. The number of nitrogens with zero attached hydrogens (tertiary/aromatic N) is 5. The first-order valence-corrected chi connectivity index (χ1v) is 14.2. The SMILES string of the molecule is CCOc1cccc(-c2ccc3nc(-c4cccc([N+](=O)[O-])c4)c(CN4CCN(C(=O)c5ccccc5F)CC4)n3c2)c1. The van der Waals surface area contributed by atoms with Crippen molar-refractivity contribution in [2.45, 2.75) is 13.5 Å². The summed E-state index contributed by atoms with van der Waals surface area (Å²) in [6.07, 6.45) is 2.03. The second kappa shape index (κ2) is 12.0. The van der Waals surface area contributed by atoms with Crippen LogP contribution in [0.5, 0.6) is 5.75 Å². The Morgan fingerprint density at radius 1 is 0.930 bits per heavy atom. The quantitative estimate of drug-likeness (QED) is 0.164. The van der Waals surface area contributed by atoms with E-state index in [4.69, 9.17) is 9.72 Å². The Morgan fingerprint density at radius 3 is 2.47 bits per heavy atom. The van der Waals surface area contributed by atoms with Crippen molar-refractivity contribution < 1.29 is 18.8 Å². The number of ether oxygens (including phenoxy) is 1. The molecule has 6 rings (SSSR count). The molecule has 43 heavy (non-hydrogen) atoms. The first-order valence-electron chi connectivity index (χ1n) is 14.2. The molecule has 1 amide bonds. The Balaban J connectivity index is 1.33. The predicted octanol–water partition coefficient (Wildman–Crippen LogP) is 6.07. The Kier molecular flexibility index (Phi) is 7.84. The van der Waals surface area contributed by atoms with Crippen molar-refractivity contribution >= 4 is 17.2 Å². The van der Waals surface area contributed by atoms with E-state index in [0.717, 1.165) is 28.2 Å². The molecule has 1 fully saturated rings. The summed E-state index contributed by atoms with van der Waals surface area (Å²) in [4.78, 5) is 32.9. The second-order valence-electron chi connectivity index (χ2n) is 10.4. The molecule has 218 valence electrons. The number of nitro benzene ring substituents is 1. The maximum absolute atomic E-state index is 14.3. The first kappa shape index (κ1) is 28.0. The summed E-state index contributed by atoms with van der Waals surface area (Å²) in [6, 6.07) is 24.4. The van der Waals surface area contributed by atoms with Gasteiger partial charge in [0.25, 0.3) is 11.6 Å². The number of halogens is 1. The van der Waals surface area contributed by atoms with Crippen molar-refractivity contribution in [3.8, 4) is 28.1 Å². The van der Waals surface area contributed by atoms with Gasteiger partial charge in [0.1, 0.15) is 17.2 Å². The molecule has 0 atom stereocenters. The van der Waals surface area contributed by atoms with Crippen LogP contribution < -0.4 is 4.74 Å². The van der Waals surface area contributed by atoms with Gasteiger partial charge in [0.05, 0.1) is 28.5 Å². The van der Waals surface area contributed by atoms with Crippen molar-refractivity contribution in [3.63, 3.8) is 0 Å². The van der Waals surface area contributed by atoms with E-state index >= 15 is 0 Å². The standard InChI is InChI=1S/C33H30FN5O4/c1-2-43-27-10-6-7-23(20-27)25-13-14-31-35-32(24-8-5-9-26(19-24)39(41)42)30(38(31)21-25)22-36-15-17-37(18-16-36)33(40)28-11-3-4-12-29(28)34/h3-14,19-21H,2,15-18,22H2,1H3. The molecule has 0 bridgehead atoms. The van der Waals surface area contributed by atoms with Crippen molar-refractivity contribution in [2.24, 2.45) is 0 Å². The molecule has 0 saturated carbocycles. The summed E-state index contributed by atoms with van der Waals surface area (Å²) in [6.45, 7) is 5.08. The third-order valence-electron chi connectivity index (χ3n) is 7.66. The van der Waals surface area contributed by atoms with E-state index in [9.17, 15) is 19.3 Å². The number of pyridine rings is 1. The number of nitro groups is 1. The van der Waals surface area contributed by atoms with E-state index in [-0.39, 0.29) is 17.2 Å². The highest BCUT2D eigenvalue weighted by Gasteiger charge is 2.26. The van der Waals surface area contributed by atoms with Crippen LogP contribution in [0.4, 0.5) is 10.1 Å². The summed E-state index contributed by atoms with van der Waals surface area (Å²) in [5.41, 5.74) is 4.95. The molecule has 0 spiro atoms. The molecular formula is C33H30FN5O4. The number of rotatable bonds is 8. The molecule has 5 aromatic rings. The lowest BCUT2D eigenvalue weighted by Crippen LogP contribution is -2.48. The summed E-state index contributed by atoms with van der Waals surface area (Å²) < 4.78 is 22.0. The monoisotopic (exact) mass is 579 g/mol. The third-order valence-corrected chi connectivity index (χ3v) is 7.66. The number of aromatic nitrogens is 2. The van der Waals surface area contributed by atoms with Crippen LogP contribution in [-0.4, -0.2) is 62.8 Å². The molecule has 1 saturated heterocycles. The fourth-order valence-electron chi connectivity index (χ4n) is 5.47. The fourth-order valence-corrected chi connectivity index (χ4v) is 5.47. The minimum absolute atomic E-state index is 0.00537. The van der Waals surface area contributed by atoms with Gasteiger partial charge in [0, 0.05) is 56.6 Å². The number of amides is 1. The van der Waals surface area contributed by atoms with Crippen LogP contribution in [-0.2, 0) is 6.54 Å². The van der Waals surface area contributed by atoms with Crippen molar-refractivity contribution in [3.05, 3.63) is 118 Å². The lowest BCUT2D eigenvalue weighted by Gasteiger charge is -2.34. The molecule has 0 radical (unpaired) electrons. The van der Waals surface area contributed by atoms with Gasteiger partial charge in [-0.2, -0.15) is 0 Å². The normalized spacial score (nSPS) is 13.8. The maximum Gasteiger partial charge on any atom is 0.270 e. The zero-order valence-corrected chi connectivity index (χ0v) is 23.6. The number of piperazine rings is 1. The van der Waals surface area contributed by atoms with Crippen LogP contribution in [0.3, 0.4) is 0 Å². The molecule has 10 heteroatoms. The summed E-state index contributed by atoms with van der Waals surface area (Å²) in [5.74, 6) is -0.0559. The minimum atomic E-state index is -0.523. The molecular weight excluding hydrogens is 549 g/mol. The number of fused-ring (bicyclic) bond motifs is 1. The van der Waals surface area contributed by atoms with Gasteiger partial charge in [-0.15, -0.1) is 0 Å². The third kappa shape index (κ3) is 5.82. The number of carbonyl (C=O) groups is 1. The molecule has 3 aromatic carbocycles. The smallest absolute Gasteiger partial charge is 0.270 e. The topological polar surface area (TPSA) is 93.2 Å². The van der Waals surface area contributed by atoms with Gasteiger partial charge in [-0.05, 0) is 54.4 Å². The predicted molar refractivity (Wildman–Crippen MR) is 161 cm³/mol. The zero-order chi connectivity index (χ0) is 29.9. The maximum atomic E-state index is 14.3. The van der Waals surface area contributed by atoms with Crippen LogP contribution in [0.1, 0.15) is 23.0 Å². The van der Waals surface area contributed by atoms with Crippen molar-refractivity contribution in [1.29, 1.82) is 0 Å². The van der Waals surface area contributed by atoms with Gasteiger partial charge in [-0.25, -0.2) is 9.37 Å². The number of benzene rings is 3. The summed E-state index contributed by atoms with van der Waals surface area (Å²) in [7, 11) is 0. The van der Waals surface area contributed by atoms with E-state index in [1.807, 2.05) is 60.0 Å². The highest BCUT2D eigenvalue weighted by Crippen LogP contribution is 2.31. The van der Waals surface area contributed by atoms with E-state index in [0.29, 0.717) is 50.6 Å². The fraction of sp³-hybridized carbons (Fsp3) is 0.212. The minimum Gasteiger partial charge on any atom is -0.494 e. The van der Waals surface area contributed by atoms with Crippen LogP contribution in [0, 0.1) is 15.9 Å². The highest BCUT2D eigenvalue weighted by atomic mass is 19.1. The van der Waals surface area contributed by atoms with Gasteiger partial charge in [-0.1, -0.05) is 36.4 Å². The molecule has 1 aliphatic rings. The van der Waals surface area contributed by atoms with Crippen LogP contribution in [0.15, 0.2) is 91.1 Å². The van der Waals surface area contributed by atoms with Gasteiger partial charge in [-0.3, -0.25) is 19.8 Å². The van der Waals surface area contributed by atoms with E-state index < -0.39 is 10.7 Å². The van der Waals surface area contributed by atoms with Crippen molar-refractivity contribution in [2.75, 3.05) is 32.8 Å². The molecule has 0 unspecified atom stereocenters. The number of non-ortho nitro benzene ring substituents is 1. The lowest BCUT2D eigenvalue weighted by molar-refractivity contribution is -0.384. The first-order chi connectivity index (χ1) is 20.9. The lowest BCUT2D eigenvalue weighted by atomic mass is 10.1. The van der Waals surface area contributed by atoms with Gasteiger partial charge >= 0.3 is 0 Å². The molecule has 0 aliphatic carbocycles. The van der Waals surface area contributed by atoms with Gasteiger partial charge in [0.2, 0.25) is 0 Å². The molecule has 1 aliphatic heterocycles. The van der Waals surface area contributed by atoms with Gasteiger partial charge in [0.15, 0.2) is 0 Å². The molecule has 2 aromatic heterocycles. The Hall–Kier alpha value is -5.09. The van der Waals surface area contributed by atoms with Gasteiger partial charge < -0.3 is 14.0 Å². The summed E-state index contributed by atoms with van der Waals surface area (Å²) >= 11 is 0. The average Bonchev–Trinajstić information content (AvgIpc) is 3.39. The number of imidazole rings is 1. The second-order valence-corrected chi connectivity index (χ2v) is 10.4. The Morgan fingerprint density at radius 2 is 1.70 bits per heavy atom. The Bertz CT molecular complexity index is 1810. The van der Waals surface area contributed by atoms with E-state index in [2.05, 4.69) is 4.90 Å². The van der Waals surface area contributed by atoms with Crippen LogP contribution in [0.25, 0.3) is 28.0 Å². The van der Waals surface area contributed by atoms with E-state index in [1.165, 1.54) is 18.2 Å². The zero-order valence-electron chi connectivity index (χ0n) is 23.6. The Labute approximate surface area is 247 Å². The molecule has 3 heterocycles. The number of carbonyl (C=O) groups excluding carboxylic acids is 1. The van der Waals surface area contributed by atoms with Crippen molar-refractivity contribution in [1.82, 2.24) is 19.2 Å².